The number of hydrogen-bond donors (Lipinski definition) is 3. The van der Waals surface area contributed by atoms with Crippen molar-refractivity contribution in [3.8, 4) is 11.5 Å². The minimum Gasteiger partial charge on any atom is -0.395 e. The second kappa shape index (κ2) is 12.9. The highest BCUT2D eigenvalue weighted by atomic mass is 32.1. The molecule has 1 aromatic carbocycles. The van der Waals surface area contributed by atoms with Crippen LogP contribution in [-0.4, -0.2) is 67.0 Å². The molecule has 2 aliphatic heterocycles. The Morgan fingerprint density at radius 3 is 2.55 bits per heavy atom. The number of piperidine rings is 1. The molecule has 1 fully saturated rings. The number of halogens is 6. The monoisotopic (exact) mass is 595 g/mol. The van der Waals surface area contributed by atoms with Gasteiger partial charge in [0.15, 0.2) is 16.6 Å². The molecule has 0 radical (unpaired) electrons. The number of ether oxygens (including phenoxy) is 2. The lowest BCUT2D eigenvalue weighted by Gasteiger charge is -2.41. The molecule has 220 valence electrons. The molecule has 3 heterocycles. The fourth-order valence-corrected chi connectivity index (χ4v) is 5.02. The molecule has 4 rings (SSSR count). The normalized spacial score (nSPS) is 20.9. The van der Waals surface area contributed by atoms with Crippen molar-refractivity contribution in [2.75, 3.05) is 31.9 Å². The SMILES string of the molecule is C/C(=C\C(=C/NC=O)C1CN(C(C)C(=O)Nc2nc3cc4c(cc3s2)OC(F)(F)O4)CCC1(F)F)CN.FCF. The zero-order valence-electron chi connectivity index (χ0n) is 21.4. The summed E-state index contributed by atoms with van der Waals surface area (Å²) in [6.45, 7) is 1.53. The second-order valence-electron chi connectivity index (χ2n) is 8.90. The predicted octanol–water partition coefficient (Wildman–Crippen LogP) is 4.32. The number of allylic oxidation sites excluding steroid dienone is 1. The third kappa shape index (κ3) is 7.42. The molecule has 2 aliphatic rings. The number of carbonyl (C=O) groups excluding carboxylic acids is 2. The molecule has 0 aliphatic carbocycles. The number of hydrogen-bond acceptors (Lipinski definition) is 8. The average Bonchev–Trinajstić information content (AvgIpc) is 3.41. The number of benzene rings is 1. The number of thiazole rings is 1. The van der Waals surface area contributed by atoms with Gasteiger partial charge in [0.1, 0.15) is 0 Å². The summed E-state index contributed by atoms with van der Waals surface area (Å²) in [5, 5.41) is 5.20. The fourth-order valence-electron chi connectivity index (χ4n) is 4.15. The molecule has 40 heavy (non-hydrogen) atoms. The molecule has 0 saturated carbocycles. The lowest BCUT2D eigenvalue weighted by molar-refractivity contribution is -0.286. The van der Waals surface area contributed by atoms with Gasteiger partial charge in [0, 0.05) is 44.4 Å². The summed E-state index contributed by atoms with van der Waals surface area (Å²) in [7, 11) is 0. The molecular formula is C24H27F6N5O4S. The van der Waals surface area contributed by atoms with Crippen molar-refractivity contribution in [2.45, 2.75) is 38.5 Å². The summed E-state index contributed by atoms with van der Waals surface area (Å²) in [6.07, 6.45) is -1.11. The van der Waals surface area contributed by atoms with Crippen molar-refractivity contribution in [1.82, 2.24) is 15.2 Å². The summed E-state index contributed by atoms with van der Waals surface area (Å²) in [5.74, 6) is -5.13. The minimum absolute atomic E-state index is 0.0263. The number of carbonyl (C=O) groups is 2. The van der Waals surface area contributed by atoms with Gasteiger partial charge in [0.25, 0.3) is 5.92 Å². The van der Waals surface area contributed by atoms with Crippen LogP contribution in [0, 0.1) is 5.92 Å². The molecule has 1 saturated heterocycles. The number of alkyl halides is 6. The number of fused-ring (bicyclic) bond motifs is 2. The van der Waals surface area contributed by atoms with Gasteiger partial charge in [-0.1, -0.05) is 23.0 Å². The molecule has 0 bridgehead atoms. The van der Waals surface area contributed by atoms with Crippen molar-refractivity contribution in [1.29, 1.82) is 0 Å². The Hall–Kier alpha value is -3.37. The van der Waals surface area contributed by atoms with E-state index in [1.54, 1.807) is 18.7 Å². The zero-order chi connectivity index (χ0) is 29.7. The Morgan fingerprint density at radius 2 is 1.93 bits per heavy atom. The van der Waals surface area contributed by atoms with Crippen molar-refractivity contribution in [3.63, 3.8) is 0 Å². The van der Waals surface area contributed by atoms with Gasteiger partial charge in [0.05, 0.1) is 22.2 Å². The first-order chi connectivity index (χ1) is 18.8. The van der Waals surface area contributed by atoms with E-state index in [9.17, 15) is 35.9 Å². The first-order valence-corrected chi connectivity index (χ1v) is 12.7. The molecule has 9 nitrogen and oxygen atoms in total. The van der Waals surface area contributed by atoms with Gasteiger partial charge in [-0.05, 0) is 19.4 Å². The number of nitrogens with one attached hydrogen (secondary N) is 2. The molecule has 2 atom stereocenters. The number of rotatable bonds is 8. The molecule has 2 unspecified atom stereocenters. The van der Waals surface area contributed by atoms with E-state index in [1.807, 2.05) is 0 Å². The smallest absolute Gasteiger partial charge is 0.395 e. The van der Waals surface area contributed by atoms with Crippen molar-refractivity contribution in [2.24, 2.45) is 11.7 Å². The topological polar surface area (TPSA) is 119 Å². The number of nitrogens with two attached hydrogens (primary N) is 1. The number of nitrogens with zero attached hydrogens (tertiary/aromatic N) is 2. The first kappa shape index (κ1) is 31.2. The standard InChI is InChI=1S/C23H25F4N5O4S.CH2F2/c1-12(8-28)5-14(9-29-11-33)15-10-32(4-3-22(15,24)25)13(2)20(34)31-21-30-16-6-17-18(7-19(16)37-21)36-23(26,27)35-17;2-1-3/h5-7,9,11,13,15H,3-4,8,10,28H2,1-2H3,(H,29,33)(H,30,31,34);1H2/b12-5+,14-9+;. The van der Waals surface area contributed by atoms with E-state index in [0.29, 0.717) is 22.2 Å². The second-order valence-corrected chi connectivity index (χ2v) is 9.93. The number of aromatic nitrogens is 1. The van der Waals surface area contributed by atoms with Crippen LogP contribution in [-0.2, 0) is 9.59 Å². The molecule has 1 aromatic heterocycles. The Balaban J connectivity index is 0.00000141. The van der Waals surface area contributed by atoms with Crippen molar-refractivity contribution < 1.29 is 45.4 Å². The number of amides is 2. The van der Waals surface area contributed by atoms with Gasteiger partial charge in [-0.3, -0.25) is 14.5 Å². The minimum atomic E-state index is -3.75. The van der Waals surface area contributed by atoms with Gasteiger partial charge in [-0.15, -0.1) is 8.78 Å². The molecule has 4 N–H and O–H groups in total. The van der Waals surface area contributed by atoms with Gasteiger partial charge in [0.2, 0.25) is 19.2 Å². The number of anilines is 1. The maximum atomic E-state index is 14.9. The Kier molecular flexibility index (Phi) is 10.0. The van der Waals surface area contributed by atoms with Gasteiger partial charge >= 0.3 is 6.29 Å². The lowest BCUT2D eigenvalue weighted by Crippen LogP contribution is -2.53. The average molecular weight is 596 g/mol. The van der Waals surface area contributed by atoms with Crippen LogP contribution in [0.15, 0.2) is 35.6 Å². The molecule has 0 spiro atoms. The highest BCUT2D eigenvalue weighted by molar-refractivity contribution is 7.22. The van der Waals surface area contributed by atoms with Crippen molar-refractivity contribution in [3.05, 3.63) is 35.6 Å². The highest BCUT2D eigenvalue weighted by Gasteiger charge is 2.47. The molecule has 16 heteroatoms. The predicted molar refractivity (Wildman–Crippen MR) is 136 cm³/mol. The van der Waals surface area contributed by atoms with Gasteiger partial charge in [-0.2, -0.15) is 0 Å². The van der Waals surface area contributed by atoms with Crippen LogP contribution in [0.1, 0.15) is 20.3 Å². The molecule has 2 amide bonds. The highest BCUT2D eigenvalue weighted by Crippen LogP contribution is 2.45. The Morgan fingerprint density at radius 1 is 1.27 bits per heavy atom. The van der Waals surface area contributed by atoms with Crippen LogP contribution in [0.25, 0.3) is 10.2 Å². The van der Waals surface area contributed by atoms with Crippen LogP contribution in [0.2, 0.25) is 0 Å². The van der Waals surface area contributed by atoms with Gasteiger partial charge in [-0.25, -0.2) is 22.5 Å². The van der Waals surface area contributed by atoms with E-state index in [1.165, 1.54) is 24.4 Å². The van der Waals surface area contributed by atoms with Crippen LogP contribution in [0.5, 0.6) is 11.5 Å². The third-order valence-corrected chi connectivity index (χ3v) is 7.12. The molecular weight excluding hydrogens is 568 g/mol. The van der Waals surface area contributed by atoms with Crippen LogP contribution in [0.4, 0.5) is 31.5 Å². The summed E-state index contributed by atoms with van der Waals surface area (Å²) in [4.78, 5) is 29.6. The largest absolute Gasteiger partial charge is 0.586 e. The Bertz CT molecular complexity index is 1240. The quantitative estimate of drug-likeness (QED) is 0.236. The van der Waals surface area contributed by atoms with E-state index >= 15 is 0 Å². The Labute approximate surface area is 229 Å². The van der Waals surface area contributed by atoms with Crippen LogP contribution < -0.4 is 25.8 Å². The van der Waals surface area contributed by atoms with E-state index in [-0.39, 0.29) is 41.8 Å². The zero-order valence-corrected chi connectivity index (χ0v) is 22.2. The summed E-state index contributed by atoms with van der Waals surface area (Å²) >= 11 is 1.05. The van der Waals surface area contributed by atoms with Crippen LogP contribution >= 0.6 is 11.3 Å². The maximum absolute atomic E-state index is 14.9. The fraction of sp³-hybridized carbons (Fsp3) is 0.458. The third-order valence-electron chi connectivity index (χ3n) is 6.18. The molecule has 2 aromatic rings. The first-order valence-electron chi connectivity index (χ1n) is 11.9. The van der Waals surface area contributed by atoms with E-state index in [2.05, 4.69) is 25.1 Å². The van der Waals surface area contributed by atoms with E-state index in [0.717, 1.165) is 11.3 Å². The lowest BCUT2D eigenvalue weighted by atomic mass is 9.85. The summed E-state index contributed by atoms with van der Waals surface area (Å²) in [6, 6.07) is 1.84. The van der Waals surface area contributed by atoms with Crippen molar-refractivity contribution >= 4 is 39.0 Å². The van der Waals surface area contributed by atoms with Crippen LogP contribution in [0.3, 0.4) is 0 Å². The van der Waals surface area contributed by atoms with E-state index < -0.39 is 43.4 Å². The summed E-state index contributed by atoms with van der Waals surface area (Å²) < 4.78 is 85.0. The van der Waals surface area contributed by atoms with Gasteiger partial charge < -0.3 is 25.8 Å². The summed E-state index contributed by atoms with van der Waals surface area (Å²) in [5.41, 5.74) is 6.79. The maximum Gasteiger partial charge on any atom is 0.586 e. The number of likely N-dealkylation sites (tertiary alicyclic amines) is 1. The van der Waals surface area contributed by atoms with E-state index in [4.69, 9.17) is 5.73 Å².